The van der Waals surface area contributed by atoms with E-state index in [9.17, 15) is 12.3 Å². The van der Waals surface area contributed by atoms with Crippen molar-refractivity contribution in [2.45, 2.75) is 6.92 Å². The molecule has 0 aliphatic rings. The summed E-state index contributed by atoms with van der Waals surface area (Å²) in [5, 5.41) is 0. The van der Waals surface area contributed by atoms with Crippen LogP contribution in [0, 0.1) is 0 Å². The topological polar surface area (TPSA) is 52.6 Å². The molecule has 0 heterocycles. The lowest BCUT2D eigenvalue weighted by molar-refractivity contribution is 0.221. The van der Waals surface area contributed by atoms with Crippen molar-refractivity contribution in [3.05, 3.63) is 12.5 Å². The van der Waals surface area contributed by atoms with Crippen molar-refractivity contribution >= 4 is 10.2 Å². The van der Waals surface area contributed by atoms with Gasteiger partial charge < -0.3 is 9.47 Å². The van der Waals surface area contributed by atoms with Crippen LogP contribution in [-0.4, -0.2) is 27.4 Å². The first kappa shape index (κ1) is 11.2. The second-order valence-corrected chi connectivity index (χ2v) is 3.33. The summed E-state index contributed by atoms with van der Waals surface area (Å²) in [4.78, 5) is 0. The molecule has 72 valence electrons. The van der Waals surface area contributed by atoms with E-state index in [0.29, 0.717) is 6.61 Å². The number of rotatable bonds is 6. The summed E-state index contributed by atoms with van der Waals surface area (Å²) in [6, 6.07) is 0. The van der Waals surface area contributed by atoms with Gasteiger partial charge >= 0.3 is 10.2 Å². The van der Waals surface area contributed by atoms with Crippen LogP contribution in [0.4, 0.5) is 3.89 Å². The molecule has 0 aromatic heterocycles. The van der Waals surface area contributed by atoms with E-state index in [2.05, 4.69) is 4.74 Å². The number of ether oxygens (including phenoxy) is 2. The van der Waals surface area contributed by atoms with Gasteiger partial charge in [0, 0.05) is 0 Å². The van der Waals surface area contributed by atoms with Crippen LogP contribution in [0.25, 0.3) is 0 Å². The summed E-state index contributed by atoms with van der Waals surface area (Å²) in [5.74, 6) is -0.635. The van der Waals surface area contributed by atoms with Crippen molar-refractivity contribution in [3.8, 4) is 0 Å². The number of hydrogen-bond donors (Lipinski definition) is 0. The van der Waals surface area contributed by atoms with E-state index >= 15 is 0 Å². The molecule has 0 aliphatic carbocycles. The van der Waals surface area contributed by atoms with Gasteiger partial charge in [-0.1, -0.05) is 0 Å². The molecule has 0 N–H and O–H groups in total. The predicted octanol–water partition coefficient (Wildman–Crippen LogP) is 0.810. The largest absolute Gasteiger partial charge is 0.498 e. The Morgan fingerprint density at radius 2 is 1.92 bits per heavy atom. The Bertz CT molecular complexity index is 222. The van der Waals surface area contributed by atoms with Gasteiger partial charge in [0.15, 0.2) is 0 Å². The highest BCUT2D eigenvalue weighted by Gasteiger charge is 2.04. The first-order valence-corrected chi connectivity index (χ1v) is 4.92. The van der Waals surface area contributed by atoms with E-state index in [1.54, 1.807) is 6.92 Å². The summed E-state index contributed by atoms with van der Waals surface area (Å²) < 4.78 is 40.9. The zero-order valence-corrected chi connectivity index (χ0v) is 7.51. The molecule has 0 aliphatic heterocycles. The third-order valence-corrected chi connectivity index (χ3v) is 1.51. The van der Waals surface area contributed by atoms with E-state index < -0.39 is 16.0 Å². The summed E-state index contributed by atoms with van der Waals surface area (Å²) in [6.45, 7) is 2.08. The Labute approximate surface area is 71.2 Å². The maximum absolute atomic E-state index is 11.8. The maximum Gasteiger partial charge on any atom is 0.305 e. The van der Waals surface area contributed by atoms with E-state index in [0.717, 1.165) is 0 Å². The highest BCUT2D eigenvalue weighted by Crippen LogP contribution is 1.90. The molecule has 0 atom stereocenters. The smallest absolute Gasteiger partial charge is 0.305 e. The lowest BCUT2D eigenvalue weighted by Gasteiger charge is -1.96. The van der Waals surface area contributed by atoms with Crippen molar-refractivity contribution in [1.29, 1.82) is 0 Å². The molecule has 4 nitrogen and oxygen atoms in total. The van der Waals surface area contributed by atoms with Crippen molar-refractivity contribution in [2.75, 3.05) is 19.0 Å². The van der Waals surface area contributed by atoms with Crippen molar-refractivity contribution in [3.63, 3.8) is 0 Å². The Kier molecular flexibility index (Phi) is 5.44. The second kappa shape index (κ2) is 5.82. The quantitative estimate of drug-likeness (QED) is 0.360. The molecule has 0 rings (SSSR count). The predicted molar refractivity (Wildman–Crippen MR) is 41.6 cm³/mol. The lowest BCUT2D eigenvalue weighted by Crippen LogP contribution is -2.04. The molecule has 0 aromatic carbocycles. The highest BCUT2D eigenvalue weighted by molar-refractivity contribution is 7.86. The van der Waals surface area contributed by atoms with Gasteiger partial charge in [-0.15, -0.1) is 3.89 Å². The molecule has 0 unspecified atom stereocenters. The monoisotopic (exact) mass is 198 g/mol. The summed E-state index contributed by atoms with van der Waals surface area (Å²) in [7, 11) is -4.42. The maximum atomic E-state index is 11.8. The van der Waals surface area contributed by atoms with Crippen molar-refractivity contribution in [2.24, 2.45) is 0 Å². The van der Waals surface area contributed by atoms with E-state index in [4.69, 9.17) is 4.74 Å². The zero-order valence-electron chi connectivity index (χ0n) is 6.70. The number of halogens is 1. The van der Waals surface area contributed by atoms with Gasteiger partial charge in [-0.05, 0) is 6.92 Å². The van der Waals surface area contributed by atoms with Gasteiger partial charge in [-0.25, -0.2) is 0 Å². The Morgan fingerprint density at radius 3 is 2.42 bits per heavy atom. The van der Waals surface area contributed by atoms with Crippen molar-refractivity contribution in [1.82, 2.24) is 0 Å². The molecule has 0 radical (unpaired) electrons. The third kappa shape index (κ3) is 9.22. The Morgan fingerprint density at radius 1 is 1.33 bits per heavy atom. The average Bonchev–Trinajstić information content (AvgIpc) is 1.94. The zero-order chi connectivity index (χ0) is 9.45. The van der Waals surface area contributed by atoms with Gasteiger partial charge in [-0.2, -0.15) is 8.42 Å². The van der Waals surface area contributed by atoms with E-state index in [-0.39, 0.29) is 6.61 Å². The minimum absolute atomic E-state index is 0.206. The molecule has 0 aromatic rings. The molecule has 6 heteroatoms. The molecule has 0 amide bonds. The van der Waals surface area contributed by atoms with Crippen molar-refractivity contribution < 1.29 is 21.8 Å². The fourth-order valence-corrected chi connectivity index (χ4v) is 0.686. The standard InChI is InChI=1S/C6H11FO4S/c1-2-10-3-4-11-5-6-12(7,8)9/h3-4H,2,5-6H2,1H3. The van der Waals surface area contributed by atoms with Gasteiger partial charge in [0.2, 0.25) is 0 Å². The highest BCUT2D eigenvalue weighted by atomic mass is 32.3. The lowest BCUT2D eigenvalue weighted by atomic mass is 10.8. The number of hydrogen-bond acceptors (Lipinski definition) is 4. The molecular weight excluding hydrogens is 187 g/mol. The molecule has 0 saturated heterocycles. The SMILES string of the molecule is CCOC=COCCS(=O)(=O)F. The summed E-state index contributed by atoms with van der Waals surface area (Å²) in [5.41, 5.74) is 0. The van der Waals surface area contributed by atoms with Crippen LogP contribution < -0.4 is 0 Å². The Balaban J connectivity index is 3.34. The normalized spacial score (nSPS) is 11.8. The van der Waals surface area contributed by atoms with Crippen LogP contribution in [0.1, 0.15) is 6.92 Å². The van der Waals surface area contributed by atoms with E-state index in [1.165, 1.54) is 12.5 Å². The van der Waals surface area contributed by atoms with Gasteiger partial charge in [0.1, 0.15) is 24.9 Å². The third-order valence-electron chi connectivity index (χ3n) is 0.860. The van der Waals surface area contributed by atoms with Crippen LogP contribution in [0.15, 0.2) is 12.5 Å². The van der Waals surface area contributed by atoms with Crippen LogP contribution in [0.3, 0.4) is 0 Å². The van der Waals surface area contributed by atoms with Crippen LogP contribution in [-0.2, 0) is 19.7 Å². The van der Waals surface area contributed by atoms with E-state index in [1.807, 2.05) is 0 Å². The molecule has 0 spiro atoms. The molecule has 12 heavy (non-hydrogen) atoms. The van der Waals surface area contributed by atoms with Gasteiger partial charge in [-0.3, -0.25) is 0 Å². The minimum Gasteiger partial charge on any atom is -0.498 e. The first-order chi connectivity index (χ1) is 5.56. The summed E-state index contributed by atoms with van der Waals surface area (Å²) >= 11 is 0. The average molecular weight is 198 g/mol. The fourth-order valence-electron chi connectivity index (χ4n) is 0.390. The van der Waals surface area contributed by atoms with Gasteiger partial charge in [0.25, 0.3) is 0 Å². The molecule has 0 fully saturated rings. The first-order valence-electron chi connectivity index (χ1n) is 3.37. The molecule has 0 bridgehead atoms. The second-order valence-electron chi connectivity index (χ2n) is 1.84. The van der Waals surface area contributed by atoms with Crippen LogP contribution >= 0.6 is 0 Å². The molecular formula is C6H11FO4S. The van der Waals surface area contributed by atoms with Gasteiger partial charge in [0.05, 0.1) is 6.61 Å². The summed E-state index contributed by atoms with van der Waals surface area (Å²) in [6.07, 6.45) is 2.44. The minimum atomic E-state index is -4.42. The van der Waals surface area contributed by atoms with Crippen LogP contribution in [0.5, 0.6) is 0 Å². The fraction of sp³-hybridized carbons (Fsp3) is 0.667. The van der Waals surface area contributed by atoms with Crippen LogP contribution in [0.2, 0.25) is 0 Å². The Hall–Kier alpha value is -0.780. The molecule has 0 saturated carbocycles.